The van der Waals surface area contributed by atoms with Crippen molar-refractivity contribution in [2.24, 2.45) is 0 Å². The Morgan fingerprint density at radius 2 is 1.88 bits per heavy atom. The lowest BCUT2D eigenvalue weighted by atomic mass is 10.1. The lowest BCUT2D eigenvalue weighted by Crippen LogP contribution is -2.27. The van der Waals surface area contributed by atoms with Crippen LogP contribution < -0.4 is 5.32 Å². The first kappa shape index (κ1) is 18.9. The summed E-state index contributed by atoms with van der Waals surface area (Å²) in [6, 6.07) is 6.14. The number of benzene rings is 1. The van der Waals surface area contributed by atoms with Crippen LogP contribution in [-0.2, 0) is 16.4 Å². The van der Waals surface area contributed by atoms with E-state index in [-0.39, 0.29) is 17.2 Å². The molecule has 0 amide bonds. The van der Waals surface area contributed by atoms with Gasteiger partial charge in [0.25, 0.3) is 0 Å². The first-order valence-electron chi connectivity index (χ1n) is 8.70. The maximum absolute atomic E-state index is 12.5. The third-order valence-corrected chi connectivity index (χ3v) is 7.06. The number of hydrogen-bond donors (Lipinski definition) is 1. The molecule has 1 aromatic heterocycles. The van der Waals surface area contributed by atoms with Gasteiger partial charge in [-0.3, -0.25) is 4.79 Å². The summed E-state index contributed by atoms with van der Waals surface area (Å²) >= 11 is 1.44. The monoisotopic (exact) mass is 394 g/mol. The van der Waals surface area contributed by atoms with Crippen molar-refractivity contribution in [3.63, 3.8) is 0 Å². The molecule has 2 heterocycles. The highest BCUT2D eigenvalue weighted by Gasteiger charge is 2.27. The fraction of sp³-hybridized carbons (Fsp3) is 0.471. The van der Waals surface area contributed by atoms with E-state index in [1.807, 2.05) is 0 Å². The Kier molecular flexibility index (Phi) is 6.00. The molecule has 1 N–H and O–H groups in total. The van der Waals surface area contributed by atoms with Crippen LogP contribution in [0.3, 0.4) is 0 Å². The molecule has 2 aromatic rings. The standard InChI is InChI=1S/C17H22N4O3S2/c1-2-5-16-19-20-17(25-16)18-12-15(22)13-6-8-14(9-7-13)26(23,24)21-10-3-4-11-21/h6-9H,2-5,10-12H2,1H3,(H,18,20). The number of anilines is 1. The lowest BCUT2D eigenvalue weighted by Gasteiger charge is -2.15. The number of ketones is 1. The van der Waals surface area contributed by atoms with Crippen molar-refractivity contribution in [3.8, 4) is 0 Å². The number of carbonyl (C=O) groups is 1. The van der Waals surface area contributed by atoms with Crippen LogP contribution in [0.25, 0.3) is 0 Å². The zero-order valence-corrected chi connectivity index (χ0v) is 16.3. The molecule has 3 rings (SSSR count). The predicted octanol–water partition coefficient (Wildman–Crippen LogP) is 2.57. The molecule has 0 radical (unpaired) electrons. The van der Waals surface area contributed by atoms with Crippen LogP contribution in [0.2, 0.25) is 0 Å². The smallest absolute Gasteiger partial charge is 0.243 e. The first-order chi connectivity index (χ1) is 12.5. The minimum atomic E-state index is -3.45. The van der Waals surface area contributed by atoms with Gasteiger partial charge in [-0.2, -0.15) is 4.31 Å². The third kappa shape index (κ3) is 4.28. The van der Waals surface area contributed by atoms with Crippen LogP contribution in [0.4, 0.5) is 5.13 Å². The number of sulfonamides is 1. The number of Topliss-reactive ketones (excluding diaryl/α,β-unsaturated/α-hetero) is 1. The summed E-state index contributed by atoms with van der Waals surface area (Å²) in [7, 11) is -3.45. The number of hydrogen-bond acceptors (Lipinski definition) is 7. The molecule has 9 heteroatoms. The summed E-state index contributed by atoms with van der Waals surface area (Å²) in [4.78, 5) is 12.5. The fourth-order valence-corrected chi connectivity index (χ4v) is 5.14. The first-order valence-corrected chi connectivity index (χ1v) is 11.0. The summed E-state index contributed by atoms with van der Waals surface area (Å²) in [5.74, 6) is -0.123. The summed E-state index contributed by atoms with van der Waals surface area (Å²) in [5, 5.41) is 12.6. The summed E-state index contributed by atoms with van der Waals surface area (Å²) in [6.07, 6.45) is 3.67. The highest BCUT2D eigenvalue weighted by molar-refractivity contribution is 7.89. The number of aromatic nitrogens is 2. The minimum absolute atomic E-state index is 0.0962. The normalized spacial score (nSPS) is 15.3. The molecule has 0 saturated carbocycles. The van der Waals surface area contributed by atoms with E-state index in [0.717, 1.165) is 30.7 Å². The SMILES string of the molecule is CCCc1nnc(NCC(=O)c2ccc(S(=O)(=O)N3CCCC3)cc2)s1. The van der Waals surface area contributed by atoms with Crippen molar-refractivity contribution >= 4 is 32.3 Å². The molecule has 0 aliphatic carbocycles. The Labute approximate surface area is 157 Å². The van der Waals surface area contributed by atoms with Gasteiger partial charge in [-0.15, -0.1) is 10.2 Å². The Morgan fingerprint density at radius 1 is 1.19 bits per heavy atom. The third-order valence-electron chi connectivity index (χ3n) is 4.21. The maximum atomic E-state index is 12.5. The lowest BCUT2D eigenvalue weighted by molar-refractivity contribution is 0.101. The second-order valence-electron chi connectivity index (χ2n) is 6.16. The molecule has 1 saturated heterocycles. The van der Waals surface area contributed by atoms with Gasteiger partial charge in [0.2, 0.25) is 15.2 Å². The van der Waals surface area contributed by atoms with Gasteiger partial charge in [-0.05, 0) is 43.5 Å². The molecule has 1 aliphatic rings. The van der Waals surface area contributed by atoms with Crippen molar-refractivity contribution in [2.75, 3.05) is 25.0 Å². The van der Waals surface area contributed by atoms with E-state index in [9.17, 15) is 13.2 Å². The molecule has 1 fully saturated rings. The maximum Gasteiger partial charge on any atom is 0.243 e. The van der Waals surface area contributed by atoms with Gasteiger partial charge in [0, 0.05) is 25.1 Å². The Morgan fingerprint density at radius 3 is 2.54 bits per heavy atom. The van der Waals surface area contributed by atoms with Crippen LogP contribution in [0.1, 0.15) is 41.6 Å². The predicted molar refractivity (Wildman–Crippen MR) is 101 cm³/mol. The quantitative estimate of drug-likeness (QED) is 0.692. The average Bonchev–Trinajstić information content (AvgIpc) is 3.32. The van der Waals surface area contributed by atoms with Gasteiger partial charge in [-0.1, -0.05) is 18.3 Å². The van der Waals surface area contributed by atoms with Crippen molar-refractivity contribution in [2.45, 2.75) is 37.5 Å². The Bertz CT molecular complexity index is 856. The highest BCUT2D eigenvalue weighted by atomic mass is 32.2. The van der Waals surface area contributed by atoms with E-state index in [1.54, 1.807) is 12.1 Å². The number of rotatable bonds is 8. The van der Waals surface area contributed by atoms with Crippen molar-refractivity contribution in [1.29, 1.82) is 0 Å². The van der Waals surface area contributed by atoms with Crippen LogP contribution in [-0.4, -0.2) is 48.3 Å². The molecule has 1 aromatic carbocycles. The van der Waals surface area contributed by atoms with Gasteiger partial charge < -0.3 is 5.32 Å². The van der Waals surface area contributed by atoms with E-state index in [2.05, 4.69) is 22.4 Å². The van der Waals surface area contributed by atoms with Gasteiger partial charge in [-0.25, -0.2) is 8.42 Å². The molecule has 140 valence electrons. The van der Waals surface area contributed by atoms with Gasteiger partial charge in [0.1, 0.15) is 5.01 Å². The van der Waals surface area contributed by atoms with Crippen LogP contribution in [0.15, 0.2) is 29.2 Å². The van der Waals surface area contributed by atoms with E-state index < -0.39 is 10.0 Å². The van der Waals surface area contributed by atoms with Crippen molar-refractivity contribution < 1.29 is 13.2 Å². The zero-order chi connectivity index (χ0) is 18.6. The zero-order valence-electron chi connectivity index (χ0n) is 14.6. The summed E-state index contributed by atoms with van der Waals surface area (Å²) < 4.78 is 26.5. The molecular weight excluding hydrogens is 372 g/mol. The molecule has 0 spiro atoms. The molecule has 26 heavy (non-hydrogen) atoms. The largest absolute Gasteiger partial charge is 0.353 e. The molecule has 0 bridgehead atoms. The molecule has 7 nitrogen and oxygen atoms in total. The van der Waals surface area contributed by atoms with Gasteiger partial charge in [0.05, 0.1) is 11.4 Å². The van der Waals surface area contributed by atoms with E-state index in [0.29, 0.717) is 23.8 Å². The van der Waals surface area contributed by atoms with Crippen LogP contribution in [0.5, 0.6) is 0 Å². The Balaban J connectivity index is 1.61. The van der Waals surface area contributed by atoms with E-state index >= 15 is 0 Å². The van der Waals surface area contributed by atoms with Gasteiger partial charge >= 0.3 is 0 Å². The van der Waals surface area contributed by atoms with Crippen molar-refractivity contribution in [3.05, 3.63) is 34.8 Å². The van der Waals surface area contributed by atoms with Gasteiger partial charge in [0.15, 0.2) is 5.78 Å². The number of carbonyl (C=O) groups excluding carboxylic acids is 1. The molecule has 0 unspecified atom stereocenters. The molecular formula is C17H22N4O3S2. The van der Waals surface area contributed by atoms with Crippen molar-refractivity contribution in [1.82, 2.24) is 14.5 Å². The molecule has 1 aliphatic heterocycles. The fourth-order valence-electron chi connectivity index (χ4n) is 2.79. The number of nitrogens with zero attached hydrogens (tertiary/aromatic N) is 3. The summed E-state index contributed by atoms with van der Waals surface area (Å²) in [6.45, 7) is 3.30. The second kappa shape index (κ2) is 8.24. The van der Waals surface area contributed by atoms with E-state index in [1.165, 1.54) is 27.8 Å². The topological polar surface area (TPSA) is 92.3 Å². The van der Waals surface area contributed by atoms with Crippen LogP contribution in [0, 0.1) is 0 Å². The van der Waals surface area contributed by atoms with E-state index in [4.69, 9.17) is 0 Å². The minimum Gasteiger partial charge on any atom is -0.353 e. The highest BCUT2D eigenvalue weighted by Crippen LogP contribution is 2.21. The van der Waals surface area contributed by atoms with Crippen LogP contribution >= 0.6 is 11.3 Å². The summed E-state index contributed by atoms with van der Waals surface area (Å²) in [5.41, 5.74) is 0.469. The number of aryl methyl sites for hydroxylation is 1. The number of nitrogens with one attached hydrogen (secondary N) is 1. The second-order valence-corrected chi connectivity index (χ2v) is 9.16. The Hall–Kier alpha value is -1.84. The molecule has 0 atom stereocenters. The average molecular weight is 395 g/mol.